The maximum atomic E-state index is 12.3. The quantitative estimate of drug-likeness (QED) is 0.356. The molecule has 0 amide bonds. The van der Waals surface area contributed by atoms with E-state index in [0.29, 0.717) is 31.6 Å². The number of hydrogen-bond donors (Lipinski definition) is 0. The smallest absolute Gasteiger partial charge is 0.340 e. The molecule has 0 aliphatic rings. The number of carbonyl (C=O) groups excluding carboxylic acids is 1. The van der Waals surface area contributed by atoms with Crippen LogP contribution in [-0.2, 0) is 16.1 Å². The van der Waals surface area contributed by atoms with Crippen LogP contribution in [0.2, 0.25) is 5.02 Å². The number of aromatic nitrogens is 1. The predicted molar refractivity (Wildman–Crippen MR) is 116 cm³/mol. The number of halogens is 1. The van der Waals surface area contributed by atoms with Gasteiger partial charge >= 0.3 is 5.97 Å². The zero-order valence-electron chi connectivity index (χ0n) is 16.4. The molecule has 1 heterocycles. The molecule has 1 aromatic heterocycles. The molecule has 6 nitrogen and oxygen atoms in total. The highest BCUT2D eigenvalue weighted by Crippen LogP contribution is 2.37. The van der Waals surface area contributed by atoms with Gasteiger partial charge in [-0.25, -0.2) is 9.78 Å². The molecular weight excluding hydrogens is 430 g/mol. The first-order chi connectivity index (χ1) is 13.7. The van der Waals surface area contributed by atoms with Gasteiger partial charge in [-0.3, -0.25) is 0 Å². The molecule has 0 saturated carbocycles. The molecule has 9 heteroatoms. The molecule has 0 spiro atoms. The van der Waals surface area contributed by atoms with Gasteiger partial charge in [-0.2, -0.15) is 5.26 Å². The summed E-state index contributed by atoms with van der Waals surface area (Å²) < 4.78 is 21.0. The Morgan fingerprint density at radius 3 is 2.83 bits per heavy atom. The molecule has 0 aliphatic carbocycles. The van der Waals surface area contributed by atoms with Crippen molar-refractivity contribution in [1.82, 2.24) is 4.98 Å². The Hall–Kier alpha value is -2.05. The minimum Gasteiger partial charge on any atom is -0.591 e. The van der Waals surface area contributed by atoms with Crippen LogP contribution in [0.3, 0.4) is 0 Å². The highest BCUT2D eigenvalue weighted by molar-refractivity contribution is 7.99. The van der Waals surface area contributed by atoms with Crippen molar-refractivity contribution in [3.63, 3.8) is 0 Å². The average Bonchev–Trinajstić information content (AvgIpc) is 2.67. The van der Waals surface area contributed by atoms with Crippen molar-refractivity contribution in [2.75, 3.05) is 6.61 Å². The topological polar surface area (TPSA) is 98.4 Å². The molecule has 0 radical (unpaired) electrons. The Kier molecular flexibility index (Phi) is 8.11. The maximum absolute atomic E-state index is 12.3. The monoisotopic (exact) mass is 449 g/mol. The number of benzene rings is 1. The van der Waals surface area contributed by atoms with E-state index in [1.807, 2.05) is 26.8 Å². The van der Waals surface area contributed by atoms with Crippen molar-refractivity contribution in [1.29, 1.82) is 5.26 Å². The minimum atomic E-state index is -1.48. The molecule has 0 saturated heterocycles. The van der Waals surface area contributed by atoms with Crippen LogP contribution in [-0.4, -0.2) is 33.1 Å². The molecule has 0 bridgehead atoms. The van der Waals surface area contributed by atoms with Crippen LogP contribution in [0.1, 0.15) is 49.2 Å². The van der Waals surface area contributed by atoms with Crippen molar-refractivity contribution < 1.29 is 14.1 Å². The van der Waals surface area contributed by atoms with Gasteiger partial charge in [0, 0.05) is 16.7 Å². The number of pyridine rings is 1. The van der Waals surface area contributed by atoms with Gasteiger partial charge in [-0.1, -0.05) is 27.8 Å². The Morgan fingerprint density at radius 1 is 1.48 bits per heavy atom. The van der Waals surface area contributed by atoms with E-state index in [4.69, 9.17) is 16.3 Å². The van der Waals surface area contributed by atoms with Gasteiger partial charge in [-0.05, 0) is 52.0 Å². The third-order valence-electron chi connectivity index (χ3n) is 3.48. The van der Waals surface area contributed by atoms with Gasteiger partial charge in [0.2, 0.25) is 0 Å². The van der Waals surface area contributed by atoms with E-state index in [9.17, 15) is 14.6 Å². The summed E-state index contributed by atoms with van der Waals surface area (Å²) in [5, 5.41) is 9.97. The second kappa shape index (κ2) is 10.1. The highest BCUT2D eigenvalue weighted by Gasteiger charge is 2.26. The lowest BCUT2D eigenvalue weighted by atomic mass is 10.1. The first-order valence-corrected chi connectivity index (χ1v) is 11.0. The van der Waals surface area contributed by atoms with E-state index in [1.54, 1.807) is 31.3 Å². The number of nitrogens with zero attached hydrogens (tertiary/aromatic N) is 3. The lowest BCUT2D eigenvalue weighted by Crippen LogP contribution is -2.25. The summed E-state index contributed by atoms with van der Waals surface area (Å²) in [4.78, 5) is 17.0. The van der Waals surface area contributed by atoms with Crippen LogP contribution in [0.25, 0.3) is 0 Å². The standard InChI is InChI=1S/C20H20ClN3O3S2/c1-5-27-19(25)15-7-6-8-23-18(15)28-17-14(9-13(11-22)10-16(17)21)12-24-29(26)20(2,3)4/h6-10,12H,5H2,1-4H3/b24-12+. The molecule has 1 aromatic carbocycles. The fourth-order valence-corrected chi connectivity index (χ4v) is 3.90. The van der Waals surface area contributed by atoms with Crippen LogP contribution in [0.5, 0.6) is 0 Å². The van der Waals surface area contributed by atoms with E-state index in [2.05, 4.69) is 9.38 Å². The van der Waals surface area contributed by atoms with Crippen molar-refractivity contribution in [2.24, 2.45) is 4.40 Å². The van der Waals surface area contributed by atoms with Crippen LogP contribution < -0.4 is 0 Å². The molecule has 29 heavy (non-hydrogen) atoms. The van der Waals surface area contributed by atoms with Gasteiger partial charge in [0.25, 0.3) is 0 Å². The predicted octanol–water partition coefficient (Wildman–Crippen LogP) is 4.82. The van der Waals surface area contributed by atoms with Gasteiger partial charge in [-0.15, -0.1) is 0 Å². The Labute approximate surface area is 182 Å². The average molecular weight is 450 g/mol. The molecule has 1 atom stereocenters. The summed E-state index contributed by atoms with van der Waals surface area (Å²) >= 11 is 6.09. The van der Waals surface area contributed by atoms with Crippen LogP contribution in [0.15, 0.2) is 44.8 Å². The van der Waals surface area contributed by atoms with Crippen molar-refractivity contribution in [2.45, 2.75) is 42.4 Å². The molecule has 2 rings (SSSR count). The molecule has 152 valence electrons. The summed E-state index contributed by atoms with van der Waals surface area (Å²) in [5.74, 6) is -0.489. The summed E-state index contributed by atoms with van der Waals surface area (Å²) in [6.45, 7) is 7.41. The fourth-order valence-electron chi connectivity index (χ4n) is 2.08. The van der Waals surface area contributed by atoms with Crippen LogP contribution in [0.4, 0.5) is 0 Å². The Morgan fingerprint density at radius 2 is 2.21 bits per heavy atom. The number of esters is 1. The number of nitriles is 1. The molecule has 0 N–H and O–H groups in total. The molecule has 2 aromatic rings. The summed E-state index contributed by atoms with van der Waals surface area (Å²) in [6.07, 6.45) is 2.99. The van der Waals surface area contributed by atoms with Gasteiger partial charge in [0.15, 0.2) is 0 Å². The SMILES string of the molecule is CCOC(=O)c1cccnc1Sc1c(Cl)cc(C#N)cc1/C=N/[S+]([O-])C(C)(C)C. The number of ether oxygens (including phenoxy) is 1. The fraction of sp³-hybridized carbons (Fsp3) is 0.300. The molecule has 0 fully saturated rings. The van der Waals surface area contributed by atoms with E-state index < -0.39 is 22.1 Å². The van der Waals surface area contributed by atoms with Crippen LogP contribution >= 0.6 is 23.4 Å². The molecule has 0 aliphatic heterocycles. The minimum absolute atomic E-state index is 0.242. The van der Waals surface area contributed by atoms with Crippen molar-refractivity contribution in [3.05, 3.63) is 52.2 Å². The first-order valence-electron chi connectivity index (χ1n) is 8.67. The molecule has 1 unspecified atom stereocenters. The lowest BCUT2D eigenvalue weighted by Gasteiger charge is -2.18. The third kappa shape index (κ3) is 6.21. The number of rotatable bonds is 6. The van der Waals surface area contributed by atoms with E-state index in [1.165, 1.54) is 12.3 Å². The third-order valence-corrected chi connectivity index (χ3v) is 6.41. The van der Waals surface area contributed by atoms with Gasteiger partial charge in [0.05, 0.1) is 35.0 Å². The van der Waals surface area contributed by atoms with E-state index >= 15 is 0 Å². The second-order valence-corrected chi connectivity index (χ2v) is 10.1. The second-order valence-electron chi connectivity index (χ2n) is 6.76. The number of carbonyl (C=O) groups is 1. The molecular formula is C20H20ClN3O3S2. The summed E-state index contributed by atoms with van der Waals surface area (Å²) in [7, 11) is 0. The summed E-state index contributed by atoms with van der Waals surface area (Å²) in [5.41, 5.74) is 1.16. The highest BCUT2D eigenvalue weighted by atomic mass is 35.5. The van der Waals surface area contributed by atoms with Crippen LogP contribution in [0, 0.1) is 11.3 Å². The Balaban J connectivity index is 2.50. The maximum Gasteiger partial charge on any atom is 0.340 e. The van der Waals surface area contributed by atoms with Crippen molar-refractivity contribution >= 4 is 46.9 Å². The summed E-state index contributed by atoms with van der Waals surface area (Å²) in [6, 6.07) is 8.43. The van der Waals surface area contributed by atoms with Gasteiger partial charge < -0.3 is 9.29 Å². The van der Waals surface area contributed by atoms with E-state index in [-0.39, 0.29) is 6.61 Å². The van der Waals surface area contributed by atoms with Gasteiger partial charge in [0.1, 0.15) is 21.1 Å². The Bertz CT molecular complexity index is 968. The largest absolute Gasteiger partial charge is 0.591 e. The van der Waals surface area contributed by atoms with E-state index in [0.717, 1.165) is 11.8 Å². The lowest BCUT2D eigenvalue weighted by molar-refractivity contribution is 0.0521. The van der Waals surface area contributed by atoms with Crippen molar-refractivity contribution in [3.8, 4) is 6.07 Å². The normalized spacial score (nSPS) is 12.6. The zero-order chi connectivity index (χ0) is 21.6. The first kappa shape index (κ1) is 23.2. The number of hydrogen-bond acceptors (Lipinski definition) is 7. The zero-order valence-corrected chi connectivity index (χ0v) is 18.8.